The van der Waals surface area contributed by atoms with Crippen LogP contribution in [-0.4, -0.2) is 20.1 Å². The summed E-state index contributed by atoms with van der Waals surface area (Å²) in [5, 5.41) is 0. The summed E-state index contributed by atoms with van der Waals surface area (Å²) in [7, 11) is -3.63. The van der Waals surface area contributed by atoms with E-state index in [0.29, 0.717) is 6.42 Å². The Kier molecular flexibility index (Phi) is 8.77. The zero-order valence-corrected chi connectivity index (χ0v) is 11.5. The molecule has 5 nitrogen and oxygen atoms in total. The first-order valence-corrected chi connectivity index (χ1v) is 5.33. The van der Waals surface area contributed by atoms with Gasteiger partial charge in [-0.1, -0.05) is 13.5 Å². The first-order chi connectivity index (χ1) is 5.89. The molecule has 0 aromatic heterocycles. The van der Waals surface area contributed by atoms with Gasteiger partial charge >= 0.3 is 29.6 Å². The normalized spacial score (nSPS) is 10.1. The minimum absolute atomic E-state index is 0. The van der Waals surface area contributed by atoms with Crippen molar-refractivity contribution in [1.82, 2.24) is 5.48 Å². The van der Waals surface area contributed by atoms with Gasteiger partial charge in [0, 0.05) is 5.57 Å². The van der Waals surface area contributed by atoms with Gasteiger partial charge in [-0.3, -0.25) is 4.79 Å². The van der Waals surface area contributed by atoms with Crippen LogP contribution in [-0.2, 0) is 19.2 Å². The first-order valence-electron chi connectivity index (χ1n) is 3.76. The summed E-state index contributed by atoms with van der Waals surface area (Å²) in [6.45, 7) is 6.46. The molecule has 0 heterocycles. The maximum Gasteiger partial charge on any atom is 1.00 e. The molecule has 0 rings (SSSR count). The van der Waals surface area contributed by atoms with Crippen molar-refractivity contribution >= 4 is 16.0 Å². The van der Waals surface area contributed by atoms with Crippen LogP contribution in [0.3, 0.4) is 0 Å². The van der Waals surface area contributed by atoms with Crippen LogP contribution in [0.4, 0.5) is 0 Å². The fourth-order valence-corrected chi connectivity index (χ4v) is 1.27. The molecule has 14 heavy (non-hydrogen) atoms. The molecule has 0 fully saturated rings. The van der Waals surface area contributed by atoms with Crippen molar-refractivity contribution < 1.29 is 48.5 Å². The van der Waals surface area contributed by atoms with E-state index in [0.717, 1.165) is 0 Å². The Morgan fingerprint density at radius 3 is 2.43 bits per heavy atom. The second-order valence-electron chi connectivity index (χ2n) is 2.56. The summed E-state index contributed by atoms with van der Waals surface area (Å²) in [4.78, 5) is 10.8. The number of rotatable bonds is 5. The molecule has 1 amide bonds. The smallest absolute Gasteiger partial charge is 1.00 e. The van der Waals surface area contributed by atoms with Crippen molar-refractivity contribution in [2.75, 3.05) is 5.75 Å². The van der Waals surface area contributed by atoms with E-state index in [1.165, 1.54) is 6.92 Å². The molecule has 0 aliphatic rings. The molecule has 0 aliphatic heterocycles. The molecule has 0 saturated carbocycles. The molecule has 0 atom stereocenters. The molecular weight excluding hydrogens is 217 g/mol. The molecule has 0 radical (unpaired) electrons. The molecule has 0 bridgehead atoms. The monoisotopic (exact) mass is 231 g/mol. The predicted molar refractivity (Wildman–Crippen MR) is 49.2 cm³/mol. The van der Waals surface area contributed by atoms with E-state index in [2.05, 4.69) is 10.9 Å². The van der Waals surface area contributed by atoms with Gasteiger partial charge in [0.25, 0.3) is 16.0 Å². The fraction of sp³-hybridized carbons (Fsp3) is 0.571. The minimum atomic E-state index is -3.63. The Labute approximate surface area is 108 Å². The third kappa shape index (κ3) is 7.52. The number of amides is 1. The number of carbonyl (C=O) groups excluding carboxylic acids is 1. The van der Waals surface area contributed by atoms with Crippen LogP contribution >= 0.6 is 0 Å². The molecule has 0 spiro atoms. The molecule has 0 aromatic rings. The van der Waals surface area contributed by atoms with Gasteiger partial charge in [0.15, 0.2) is 0 Å². The predicted octanol–water partition coefficient (Wildman–Crippen LogP) is -2.53. The molecule has 0 saturated heterocycles. The van der Waals surface area contributed by atoms with Crippen LogP contribution in [0.15, 0.2) is 12.2 Å². The van der Waals surface area contributed by atoms with Crippen molar-refractivity contribution in [3.05, 3.63) is 12.2 Å². The number of carbonyl (C=O) groups is 1. The summed E-state index contributed by atoms with van der Waals surface area (Å²) < 4.78 is 26.0. The molecule has 0 unspecified atom stereocenters. The Morgan fingerprint density at radius 2 is 2.07 bits per heavy atom. The zero-order chi connectivity index (χ0) is 10.5. The summed E-state index contributed by atoms with van der Waals surface area (Å²) in [5.41, 5.74) is 1.97. The van der Waals surface area contributed by atoms with Crippen LogP contribution in [0.25, 0.3) is 0 Å². The van der Waals surface area contributed by atoms with Crippen molar-refractivity contribution in [3.63, 3.8) is 0 Å². The van der Waals surface area contributed by atoms with E-state index >= 15 is 0 Å². The Bertz CT molecular complexity index is 304. The zero-order valence-electron chi connectivity index (χ0n) is 9.66. The minimum Gasteiger partial charge on any atom is -1.00 e. The van der Waals surface area contributed by atoms with E-state index in [1.54, 1.807) is 12.4 Å². The molecule has 78 valence electrons. The summed E-state index contributed by atoms with van der Waals surface area (Å²) in [5.74, 6) is -0.761. The SMILES string of the molecule is C=C(C)C(=O)NOS(=O)(=O)CCC.[H-].[Na+]. The molecule has 7 heteroatoms. The van der Waals surface area contributed by atoms with E-state index in [1.807, 2.05) is 0 Å². The largest absolute Gasteiger partial charge is 1.00 e. The molecule has 0 aliphatic carbocycles. The van der Waals surface area contributed by atoms with Gasteiger partial charge in [-0.05, 0) is 13.3 Å². The van der Waals surface area contributed by atoms with E-state index in [9.17, 15) is 13.2 Å². The van der Waals surface area contributed by atoms with Gasteiger partial charge < -0.3 is 1.43 Å². The maximum atomic E-state index is 10.9. The van der Waals surface area contributed by atoms with Crippen LogP contribution < -0.4 is 35.0 Å². The summed E-state index contributed by atoms with van der Waals surface area (Å²) >= 11 is 0. The van der Waals surface area contributed by atoms with E-state index in [4.69, 9.17) is 0 Å². The number of nitrogens with one attached hydrogen (secondary N) is 1. The van der Waals surface area contributed by atoms with Crippen LogP contribution in [0, 0.1) is 0 Å². The molecule has 1 N–H and O–H groups in total. The van der Waals surface area contributed by atoms with Gasteiger partial charge in [-0.25, -0.2) is 5.48 Å². The van der Waals surface area contributed by atoms with Crippen LogP contribution in [0.1, 0.15) is 21.7 Å². The maximum absolute atomic E-state index is 10.9. The van der Waals surface area contributed by atoms with Crippen LogP contribution in [0.2, 0.25) is 0 Å². The van der Waals surface area contributed by atoms with Gasteiger partial charge in [0.2, 0.25) is 0 Å². The Balaban J connectivity index is -0.000000720. The fourth-order valence-electron chi connectivity index (χ4n) is 0.480. The number of hydrogen-bond acceptors (Lipinski definition) is 4. The van der Waals surface area contributed by atoms with Gasteiger partial charge in [0.05, 0.1) is 5.75 Å². The van der Waals surface area contributed by atoms with Gasteiger partial charge in [-0.2, -0.15) is 8.42 Å². The molecule has 0 aromatic carbocycles. The first kappa shape index (κ1) is 16.5. The number of hydroxylamine groups is 1. The standard InChI is InChI=1S/C7H13NO4S.Na.H/c1-4-5-13(10,11)12-8-7(9)6(2)3;;/h2,4-5H2,1,3H3,(H,8,9);;/q;+1;-1. The number of hydrogen-bond donors (Lipinski definition) is 1. The Hall–Kier alpha value is 0.120. The average molecular weight is 231 g/mol. The van der Waals surface area contributed by atoms with E-state index in [-0.39, 0.29) is 42.3 Å². The van der Waals surface area contributed by atoms with Crippen molar-refractivity contribution in [1.29, 1.82) is 0 Å². The molecular formula is C7H14NNaO4S. The third-order valence-corrected chi connectivity index (χ3v) is 2.35. The average Bonchev–Trinajstić information content (AvgIpc) is 2.00. The topological polar surface area (TPSA) is 72.5 Å². The van der Waals surface area contributed by atoms with Gasteiger partial charge in [0.1, 0.15) is 0 Å². The van der Waals surface area contributed by atoms with E-state index < -0.39 is 16.0 Å². The third-order valence-electron chi connectivity index (χ3n) is 1.10. The van der Waals surface area contributed by atoms with Crippen LogP contribution in [0.5, 0.6) is 0 Å². The quantitative estimate of drug-likeness (QED) is 0.322. The summed E-state index contributed by atoms with van der Waals surface area (Å²) in [6, 6.07) is 0. The van der Waals surface area contributed by atoms with Gasteiger partial charge in [-0.15, -0.1) is 4.28 Å². The second kappa shape index (κ2) is 7.42. The van der Waals surface area contributed by atoms with Crippen molar-refractivity contribution in [3.8, 4) is 0 Å². The summed E-state index contributed by atoms with van der Waals surface area (Å²) in [6.07, 6.45) is 0.436. The van der Waals surface area contributed by atoms with Crippen molar-refractivity contribution in [2.24, 2.45) is 0 Å². The van der Waals surface area contributed by atoms with Crippen molar-refractivity contribution in [2.45, 2.75) is 20.3 Å². The second-order valence-corrected chi connectivity index (χ2v) is 4.25. The Morgan fingerprint density at radius 1 is 1.57 bits per heavy atom.